The fourth-order valence-corrected chi connectivity index (χ4v) is 3.01. The van der Waals surface area contributed by atoms with E-state index in [1.165, 1.54) is 12.8 Å². The molecule has 1 aromatic rings. The van der Waals surface area contributed by atoms with E-state index in [1.807, 2.05) is 24.3 Å². The summed E-state index contributed by atoms with van der Waals surface area (Å²) < 4.78 is 11.1. The minimum atomic E-state index is 0.0220. The van der Waals surface area contributed by atoms with Crippen LogP contribution in [0.25, 0.3) is 0 Å². The Morgan fingerprint density at radius 2 is 2.05 bits per heavy atom. The Morgan fingerprint density at radius 3 is 2.68 bits per heavy atom. The largest absolute Gasteiger partial charge is 0.497 e. The first kappa shape index (κ1) is 15.3. The van der Waals surface area contributed by atoms with Gasteiger partial charge in [0.1, 0.15) is 5.75 Å². The first-order valence-corrected chi connectivity index (χ1v) is 7.96. The number of amides is 1. The quantitative estimate of drug-likeness (QED) is 0.905. The van der Waals surface area contributed by atoms with Crippen molar-refractivity contribution < 1.29 is 14.3 Å². The maximum Gasteiger partial charge on any atom is 0.238 e. The Bertz CT molecular complexity index is 513. The normalized spacial score (nSPS) is 25.7. The first-order chi connectivity index (χ1) is 10.6. The van der Waals surface area contributed by atoms with Gasteiger partial charge in [-0.3, -0.25) is 9.69 Å². The molecular weight excluding hydrogens is 280 g/mol. The minimum Gasteiger partial charge on any atom is -0.497 e. The highest BCUT2D eigenvalue weighted by Gasteiger charge is 2.37. The fraction of sp³-hybridized carbons (Fsp3) is 0.588. The van der Waals surface area contributed by atoms with Crippen molar-refractivity contribution >= 4 is 11.6 Å². The van der Waals surface area contributed by atoms with Crippen LogP contribution in [0.2, 0.25) is 0 Å². The van der Waals surface area contributed by atoms with Gasteiger partial charge in [0.25, 0.3) is 0 Å². The zero-order valence-corrected chi connectivity index (χ0v) is 13.2. The van der Waals surface area contributed by atoms with Gasteiger partial charge in [0.2, 0.25) is 5.91 Å². The van der Waals surface area contributed by atoms with Crippen molar-refractivity contribution in [1.29, 1.82) is 0 Å². The third-order valence-electron chi connectivity index (χ3n) is 4.25. The summed E-state index contributed by atoms with van der Waals surface area (Å²) in [7, 11) is 1.63. The van der Waals surface area contributed by atoms with E-state index >= 15 is 0 Å². The zero-order chi connectivity index (χ0) is 15.5. The molecule has 2 fully saturated rings. The van der Waals surface area contributed by atoms with Crippen molar-refractivity contribution in [3.05, 3.63) is 24.3 Å². The van der Waals surface area contributed by atoms with Crippen LogP contribution in [0.1, 0.15) is 19.8 Å². The number of nitrogens with zero attached hydrogens (tertiary/aromatic N) is 1. The molecule has 2 aliphatic rings. The van der Waals surface area contributed by atoms with Crippen LogP contribution in [0.3, 0.4) is 0 Å². The standard InChI is InChI=1S/C17H24N2O3/c1-12-9-19(10-16(22-12)13-3-4-13)11-17(20)18-14-5-7-15(21-2)8-6-14/h5-8,12-13,16H,3-4,9-11H2,1-2H3,(H,18,20)/t12-,16-/m0/s1. The zero-order valence-electron chi connectivity index (χ0n) is 13.2. The number of hydrogen-bond donors (Lipinski definition) is 1. The Balaban J connectivity index is 1.51. The summed E-state index contributed by atoms with van der Waals surface area (Å²) in [5, 5.41) is 2.94. The molecule has 1 saturated carbocycles. The van der Waals surface area contributed by atoms with E-state index in [9.17, 15) is 4.79 Å². The molecule has 1 aliphatic carbocycles. The molecule has 1 aliphatic heterocycles. The number of hydrogen-bond acceptors (Lipinski definition) is 4. The van der Waals surface area contributed by atoms with Gasteiger partial charge in [-0.1, -0.05) is 0 Å². The molecule has 5 heteroatoms. The second-order valence-corrected chi connectivity index (χ2v) is 6.29. The highest BCUT2D eigenvalue weighted by atomic mass is 16.5. The predicted molar refractivity (Wildman–Crippen MR) is 85.1 cm³/mol. The molecule has 1 heterocycles. The van der Waals surface area contributed by atoms with Crippen LogP contribution in [0.5, 0.6) is 5.75 Å². The van der Waals surface area contributed by atoms with E-state index < -0.39 is 0 Å². The summed E-state index contributed by atoms with van der Waals surface area (Å²) >= 11 is 0. The third-order valence-corrected chi connectivity index (χ3v) is 4.25. The Hall–Kier alpha value is -1.59. The van der Waals surface area contributed by atoms with Crippen LogP contribution in [-0.2, 0) is 9.53 Å². The molecule has 1 amide bonds. The van der Waals surface area contributed by atoms with Crippen molar-refractivity contribution in [2.75, 3.05) is 32.1 Å². The van der Waals surface area contributed by atoms with Gasteiger partial charge in [0, 0.05) is 18.8 Å². The lowest BCUT2D eigenvalue weighted by Gasteiger charge is -2.36. The van der Waals surface area contributed by atoms with E-state index in [0.717, 1.165) is 24.5 Å². The van der Waals surface area contributed by atoms with Crippen molar-refractivity contribution in [3.63, 3.8) is 0 Å². The summed E-state index contributed by atoms with van der Waals surface area (Å²) in [4.78, 5) is 14.4. The van der Waals surface area contributed by atoms with Crippen molar-refractivity contribution in [1.82, 2.24) is 4.90 Å². The van der Waals surface area contributed by atoms with Crippen LogP contribution in [0.4, 0.5) is 5.69 Å². The fourth-order valence-electron chi connectivity index (χ4n) is 3.01. The number of benzene rings is 1. The van der Waals surface area contributed by atoms with Gasteiger partial charge in [-0.15, -0.1) is 0 Å². The maximum absolute atomic E-state index is 12.2. The molecule has 0 radical (unpaired) electrons. The molecule has 0 unspecified atom stereocenters. The van der Waals surface area contributed by atoms with Crippen molar-refractivity contribution in [3.8, 4) is 5.75 Å². The smallest absolute Gasteiger partial charge is 0.238 e. The number of rotatable bonds is 5. The number of morpholine rings is 1. The minimum absolute atomic E-state index is 0.0220. The Kier molecular flexibility index (Phi) is 4.64. The van der Waals surface area contributed by atoms with Crippen LogP contribution in [-0.4, -0.2) is 49.8 Å². The number of anilines is 1. The topological polar surface area (TPSA) is 50.8 Å². The van der Waals surface area contributed by atoms with Gasteiger partial charge in [0.15, 0.2) is 0 Å². The molecule has 1 N–H and O–H groups in total. The summed E-state index contributed by atoms with van der Waals surface area (Å²) in [6.45, 7) is 4.19. The lowest BCUT2D eigenvalue weighted by Crippen LogP contribution is -2.49. The van der Waals surface area contributed by atoms with E-state index in [-0.39, 0.29) is 12.0 Å². The molecule has 0 spiro atoms. The molecule has 5 nitrogen and oxygen atoms in total. The van der Waals surface area contributed by atoms with E-state index in [1.54, 1.807) is 7.11 Å². The molecule has 2 atom stereocenters. The molecule has 1 aromatic carbocycles. The summed E-state index contributed by atoms with van der Waals surface area (Å²) in [5.41, 5.74) is 0.797. The highest BCUT2D eigenvalue weighted by molar-refractivity contribution is 5.92. The Morgan fingerprint density at radius 1 is 1.32 bits per heavy atom. The van der Waals surface area contributed by atoms with Crippen LogP contribution >= 0.6 is 0 Å². The second kappa shape index (κ2) is 6.67. The van der Waals surface area contributed by atoms with Gasteiger partial charge >= 0.3 is 0 Å². The summed E-state index contributed by atoms with van der Waals surface area (Å²) in [5.74, 6) is 1.51. The Labute approximate surface area is 131 Å². The monoisotopic (exact) mass is 304 g/mol. The van der Waals surface area contributed by atoms with Gasteiger partial charge in [0.05, 0.1) is 25.9 Å². The summed E-state index contributed by atoms with van der Waals surface area (Å²) in [6.07, 6.45) is 3.04. The van der Waals surface area contributed by atoms with Crippen LogP contribution < -0.4 is 10.1 Å². The average Bonchev–Trinajstić information content (AvgIpc) is 3.32. The van der Waals surface area contributed by atoms with E-state index in [0.29, 0.717) is 18.6 Å². The maximum atomic E-state index is 12.2. The van der Waals surface area contributed by atoms with Crippen molar-refractivity contribution in [2.45, 2.75) is 32.0 Å². The molecule has 22 heavy (non-hydrogen) atoms. The first-order valence-electron chi connectivity index (χ1n) is 7.96. The average molecular weight is 304 g/mol. The molecular formula is C17H24N2O3. The number of carbonyl (C=O) groups is 1. The van der Waals surface area contributed by atoms with E-state index in [4.69, 9.17) is 9.47 Å². The number of ether oxygens (including phenoxy) is 2. The molecule has 0 aromatic heterocycles. The number of methoxy groups -OCH3 is 1. The van der Waals surface area contributed by atoms with Gasteiger partial charge in [-0.05, 0) is 49.9 Å². The van der Waals surface area contributed by atoms with E-state index in [2.05, 4.69) is 17.1 Å². The lowest BCUT2D eigenvalue weighted by molar-refractivity contribution is -0.122. The van der Waals surface area contributed by atoms with Gasteiger partial charge in [-0.2, -0.15) is 0 Å². The molecule has 1 saturated heterocycles. The molecule has 120 valence electrons. The molecule has 3 rings (SSSR count). The van der Waals surface area contributed by atoms with Gasteiger partial charge in [-0.25, -0.2) is 0 Å². The summed E-state index contributed by atoms with van der Waals surface area (Å²) in [6, 6.07) is 7.39. The second-order valence-electron chi connectivity index (χ2n) is 6.29. The molecule has 0 bridgehead atoms. The lowest BCUT2D eigenvalue weighted by atomic mass is 10.1. The SMILES string of the molecule is COc1ccc(NC(=O)CN2C[C@@H](C3CC3)O[C@@H](C)C2)cc1. The van der Waals surface area contributed by atoms with Crippen molar-refractivity contribution in [2.24, 2.45) is 5.92 Å². The predicted octanol–water partition coefficient (Wildman–Crippen LogP) is 2.13. The third kappa shape index (κ3) is 3.99. The number of carbonyl (C=O) groups excluding carboxylic acids is 1. The highest BCUT2D eigenvalue weighted by Crippen LogP contribution is 2.36. The van der Waals surface area contributed by atoms with Gasteiger partial charge < -0.3 is 14.8 Å². The van der Waals surface area contributed by atoms with Crippen LogP contribution in [0.15, 0.2) is 24.3 Å². The number of nitrogens with one attached hydrogen (secondary N) is 1. The van der Waals surface area contributed by atoms with Crippen LogP contribution in [0, 0.1) is 5.92 Å².